The van der Waals surface area contributed by atoms with Crippen LogP contribution >= 0.6 is 0 Å². The molecule has 134 valence electrons. The fourth-order valence-corrected chi connectivity index (χ4v) is 7.58. The summed E-state index contributed by atoms with van der Waals surface area (Å²) in [6.07, 6.45) is 9.70. The first-order chi connectivity index (χ1) is 11.9. The maximum atomic E-state index is 13.0. The summed E-state index contributed by atoms with van der Waals surface area (Å²) in [6.45, 7) is 4.31. The second kappa shape index (κ2) is 4.85. The molecular formula is C21H27NO3. The summed E-state index contributed by atoms with van der Waals surface area (Å²) >= 11 is 0. The standard InChI is InChI=1S/C21H27NO3/c1-11-15-5-6-16-14-4-3-12-9-13(23)7-8-20(12,2)18(14)17(24)10-21(15,16)19(25)22-11/h7-9,11,14-18,24H,3-6,10H2,1-2H3,(H,22,25)/t11-,14-,15+,16-,17+,18+,20-,21-/m0/s1. The molecule has 1 amide bonds. The molecule has 4 heteroatoms. The topological polar surface area (TPSA) is 66.4 Å². The lowest BCUT2D eigenvalue weighted by atomic mass is 9.46. The van der Waals surface area contributed by atoms with Crippen molar-refractivity contribution in [3.63, 3.8) is 0 Å². The Bertz CT molecular complexity index is 725. The third-order valence-corrected chi connectivity index (χ3v) is 8.48. The molecule has 4 fully saturated rings. The summed E-state index contributed by atoms with van der Waals surface area (Å²) in [4.78, 5) is 24.8. The fourth-order valence-electron chi connectivity index (χ4n) is 7.58. The molecule has 0 aromatic rings. The molecule has 0 radical (unpaired) electrons. The van der Waals surface area contributed by atoms with Gasteiger partial charge in [0.1, 0.15) is 0 Å². The first-order valence-corrected chi connectivity index (χ1v) is 9.81. The van der Waals surface area contributed by atoms with Gasteiger partial charge in [0.15, 0.2) is 5.78 Å². The van der Waals surface area contributed by atoms with Crippen molar-refractivity contribution in [1.29, 1.82) is 0 Å². The molecule has 0 unspecified atom stereocenters. The molecular weight excluding hydrogens is 314 g/mol. The lowest BCUT2D eigenvalue weighted by molar-refractivity contribution is -0.151. The van der Waals surface area contributed by atoms with E-state index in [2.05, 4.69) is 19.2 Å². The Kier molecular flexibility index (Phi) is 3.06. The molecule has 1 heterocycles. The van der Waals surface area contributed by atoms with Gasteiger partial charge in [-0.05, 0) is 68.9 Å². The van der Waals surface area contributed by atoms with Gasteiger partial charge >= 0.3 is 0 Å². The van der Waals surface area contributed by atoms with Crippen molar-refractivity contribution in [2.75, 3.05) is 0 Å². The van der Waals surface area contributed by atoms with E-state index < -0.39 is 6.10 Å². The van der Waals surface area contributed by atoms with Crippen LogP contribution in [0.4, 0.5) is 0 Å². The number of aliphatic hydroxyl groups is 1. The van der Waals surface area contributed by atoms with Crippen LogP contribution in [-0.2, 0) is 9.59 Å². The summed E-state index contributed by atoms with van der Waals surface area (Å²) in [6, 6.07) is 0.225. The van der Waals surface area contributed by atoms with Gasteiger partial charge in [-0.2, -0.15) is 0 Å². The van der Waals surface area contributed by atoms with Crippen molar-refractivity contribution in [2.24, 2.45) is 34.5 Å². The van der Waals surface area contributed by atoms with E-state index in [0.717, 1.165) is 25.7 Å². The average Bonchev–Trinajstić information content (AvgIpc) is 3.04. The number of hydrogen-bond acceptors (Lipinski definition) is 3. The highest BCUT2D eigenvalue weighted by Crippen LogP contribution is 2.67. The van der Waals surface area contributed by atoms with E-state index in [4.69, 9.17) is 0 Å². The van der Waals surface area contributed by atoms with Gasteiger partial charge in [0.2, 0.25) is 5.91 Å². The number of carbonyl (C=O) groups excluding carboxylic acids is 2. The van der Waals surface area contributed by atoms with Crippen molar-refractivity contribution in [2.45, 2.75) is 58.1 Å². The molecule has 5 aliphatic rings. The maximum absolute atomic E-state index is 13.0. The highest BCUT2D eigenvalue weighted by molar-refractivity contribution is 6.01. The second-order valence-corrected chi connectivity index (χ2v) is 9.28. The molecule has 3 saturated carbocycles. The quantitative estimate of drug-likeness (QED) is 0.711. The van der Waals surface area contributed by atoms with Crippen LogP contribution in [0, 0.1) is 34.5 Å². The van der Waals surface area contributed by atoms with Crippen LogP contribution in [0.25, 0.3) is 0 Å². The Balaban J connectivity index is 1.59. The zero-order chi connectivity index (χ0) is 17.6. The van der Waals surface area contributed by atoms with Crippen LogP contribution < -0.4 is 5.32 Å². The zero-order valence-electron chi connectivity index (χ0n) is 15.0. The lowest BCUT2D eigenvalue weighted by Gasteiger charge is -2.57. The molecule has 2 N–H and O–H groups in total. The first-order valence-electron chi connectivity index (χ1n) is 9.81. The summed E-state index contributed by atoms with van der Waals surface area (Å²) in [5, 5.41) is 14.4. The molecule has 5 rings (SSSR count). The molecule has 0 aromatic carbocycles. The Morgan fingerprint density at radius 3 is 2.76 bits per heavy atom. The van der Waals surface area contributed by atoms with Gasteiger partial charge in [-0.1, -0.05) is 18.6 Å². The van der Waals surface area contributed by atoms with Gasteiger partial charge in [0, 0.05) is 17.4 Å². The average molecular weight is 341 g/mol. The molecule has 0 aromatic heterocycles. The molecule has 1 aliphatic heterocycles. The molecule has 1 saturated heterocycles. The maximum Gasteiger partial charge on any atom is 0.227 e. The lowest BCUT2D eigenvalue weighted by Crippen LogP contribution is -2.58. The Morgan fingerprint density at radius 2 is 1.96 bits per heavy atom. The third-order valence-electron chi connectivity index (χ3n) is 8.48. The number of ketones is 1. The van der Waals surface area contributed by atoms with Crippen molar-refractivity contribution < 1.29 is 14.7 Å². The molecule has 25 heavy (non-hydrogen) atoms. The van der Waals surface area contributed by atoms with Gasteiger partial charge < -0.3 is 10.4 Å². The van der Waals surface area contributed by atoms with E-state index in [9.17, 15) is 14.7 Å². The summed E-state index contributed by atoms with van der Waals surface area (Å²) in [7, 11) is 0. The number of hydrogen-bond donors (Lipinski definition) is 2. The van der Waals surface area contributed by atoms with E-state index in [0.29, 0.717) is 24.2 Å². The first kappa shape index (κ1) is 15.8. The normalized spacial score (nSPS) is 53.5. The van der Waals surface area contributed by atoms with Gasteiger partial charge in [0.05, 0.1) is 11.5 Å². The van der Waals surface area contributed by atoms with Crippen LogP contribution in [0.3, 0.4) is 0 Å². The Hall–Kier alpha value is -1.42. The summed E-state index contributed by atoms with van der Waals surface area (Å²) in [5.41, 5.74) is 0.581. The summed E-state index contributed by atoms with van der Waals surface area (Å²) in [5.74, 6) is 1.48. The number of rotatable bonds is 0. The van der Waals surface area contributed by atoms with Crippen molar-refractivity contribution in [3.8, 4) is 0 Å². The van der Waals surface area contributed by atoms with Gasteiger partial charge in [-0.25, -0.2) is 0 Å². The van der Waals surface area contributed by atoms with Crippen molar-refractivity contribution in [3.05, 3.63) is 23.8 Å². The van der Waals surface area contributed by atoms with Crippen LogP contribution in [-0.4, -0.2) is 28.9 Å². The molecule has 1 spiro atoms. The molecule has 4 aliphatic carbocycles. The van der Waals surface area contributed by atoms with Gasteiger partial charge in [0.25, 0.3) is 0 Å². The van der Waals surface area contributed by atoms with Crippen molar-refractivity contribution in [1.82, 2.24) is 5.32 Å². The highest BCUT2D eigenvalue weighted by atomic mass is 16.3. The number of nitrogens with one attached hydrogen (secondary N) is 1. The minimum absolute atomic E-state index is 0.0672. The number of aliphatic hydroxyl groups excluding tert-OH is 1. The number of allylic oxidation sites excluding steroid dienone is 4. The molecule has 8 atom stereocenters. The Morgan fingerprint density at radius 1 is 1.20 bits per heavy atom. The van der Waals surface area contributed by atoms with Crippen LogP contribution in [0.5, 0.6) is 0 Å². The monoisotopic (exact) mass is 341 g/mol. The van der Waals surface area contributed by atoms with E-state index in [1.807, 2.05) is 6.08 Å². The highest BCUT2D eigenvalue weighted by Gasteiger charge is 2.69. The minimum atomic E-state index is -0.482. The smallest absolute Gasteiger partial charge is 0.227 e. The summed E-state index contributed by atoms with van der Waals surface area (Å²) < 4.78 is 0. The van der Waals surface area contributed by atoms with E-state index in [-0.39, 0.29) is 34.5 Å². The fraction of sp³-hybridized carbons (Fsp3) is 0.714. The number of fused-ring (bicyclic) bond motifs is 4. The SMILES string of the molecule is C[C@@H]1NC(=O)[C@]23C[C@@H](O)[C@H]4[C@@H](CCC5=CC(=O)C=C[C@@]54C)[C@@H]2CC[C@H]13. The Labute approximate surface area is 148 Å². The molecule has 0 bridgehead atoms. The van der Waals surface area contributed by atoms with Crippen LogP contribution in [0.2, 0.25) is 0 Å². The van der Waals surface area contributed by atoms with E-state index >= 15 is 0 Å². The van der Waals surface area contributed by atoms with E-state index in [1.165, 1.54) is 5.57 Å². The van der Waals surface area contributed by atoms with Crippen LogP contribution in [0.15, 0.2) is 23.8 Å². The van der Waals surface area contributed by atoms with Crippen molar-refractivity contribution >= 4 is 11.7 Å². The number of carbonyl (C=O) groups is 2. The minimum Gasteiger partial charge on any atom is -0.393 e. The zero-order valence-corrected chi connectivity index (χ0v) is 15.0. The predicted molar refractivity (Wildman–Crippen MR) is 93.4 cm³/mol. The second-order valence-electron chi connectivity index (χ2n) is 9.28. The molecule has 4 nitrogen and oxygen atoms in total. The number of amides is 1. The van der Waals surface area contributed by atoms with Crippen LogP contribution in [0.1, 0.15) is 46.0 Å². The van der Waals surface area contributed by atoms with E-state index in [1.54, 1.807) is 12.2 Å². The third kappa shape index (κ3) is 1.77. The van der Waals surface area contributed by atoms with Gasteiger partial charge in [-0.3, -0.25) is 9.59 Å². The predicted octanol–water partition coefficient (Wildman–Crippen LogP) is 2.38. The van der Waals surface area contributed by atoms with Gasteiger partial charge in [-0.15, -0.1) is 0 Å². The largest absolute Gasteiger partial charge is 0.393 e.